The monoisotopic (exact) mass is 242 g/mol. The lowest BCUT2D eigenvalue weighted by atomic mass is 10.3. The third kappa shape index (κ3) is 2.95. The van der Waals surface area contributed by atoms with Crippen LogP contribution >= 0.6 is 11.3 Å². The Morgan fingerprint density at radius 2 is 2.06 bits per heavy atom. The van der Waals surface area contributed by atoms with E-state index in [0.717, 1.165) is 35.1 Å². The zero-order chi connectivity index (χ0) is 12.1. The largest absolute Gasteiger partial charge is 0.391 e. The van der Waals surface area contributed by atoms with E-state index in [1.807, 2.05) is 0 Å². The molecular weight excluding hydrogens is 220 g/mol. The van der Waals surface area contributed by atoms with Crippen molar-refractivity contribution in [1.29, 1.82) is 0 Å². The molecule has 0 bridgehead atoms. The van der Waals surface area contributed by atoms with Gasteiger partial charge in [-0.2, -0.15) is 0 Å². The summed E-state index contributed by atoms with van der Waals surface area (Å²) in [7, 11) is 0. The molecule has 16 heavy (non-hydrogen) atoms. The highest BCUT2D eigenvalue weighted by Gasteiger charge is 2.16. The quantitative estimate of drug-likeness (QED) is 0.833. The lowest BCUT2D eigenvalue weighted by molar-refractivity contribution is 0.284. The second-order valence-electron chi connectivity index (χ2n) is 4.17. The molecule has 1 aromatic heterocycles. The molecule has 0 unspecified atom stereocenters. The first kappa shape index (κ1) is 13.5. The van der Waals surface area contributed by atoms with Crippen LogP contribution in [0.2, 0.25) is 0 Å². The maximum atomic E-state index is 9.27. The van der Waals surface area contributed by atoms with Crippen molar-refractivity contribution in [3.63, 3.8) is 0 Å². The Bertz CT molecular complexity index is 301. The molecule has 1 N–H and O–H groups in total. The molecular formula is C12H22N2OS. The third-order valence-corrected chi connectivity index (χ3v) is 3.70. The second kappa shape index (κ2) is 6.21. The van der Waals surface area contributed by atoms with Crippen molar-refractivity contribution in [3.8, 4) is 0 Å². The van der Waals surface area contributed by atoms with Crippen LogP contribution < -0.4 is 4.90 Å². The van der Waals surface area contributed by atoms with Crippen LogP contribution in [0.15, 0.2) is 0 Å². The van der Waals surface area contributed by atoms with Gasteiger partial charge in [0.25, 0.3) is 0 Å². The molecule has 0 aliphatic carbocycles. The fourth-order valence-electron chi connectivity index (χ4n) is 1.71. The first-order chi connectivity index (χ1) is 7.63. The Labute approximate surface area is 102 Å². The van der Waals surface area contributed by atoms with Gasteiger partial charge in [0, 0.05) is 12.6 Å². The normalized spacial score (nSPS) is 11.1. The van der Waals surface area contributed by atoms with Gasteiger partial charge in [0.05, 0.1) is 17.2 Å². The molecule has 4 heteroatoms. The predicted octanol–water partition coefficient (Wildman–Crippen LogP) is 2.82. The molecule has 0 aromatic carbocycles. The van der Waals surface area contributed by atoms with Gasteiger partial charge in [-0.3, -0.25) is 0 Å². The summed E-state index contributed by atoms with van der Waals surface area (Å²) in [6, 6.07) is 0.461. The fraction of sp³-hybridized carbons (Fsp3) is 0.750. The summed E-state index contributed by atoms with van der Waals surface area (Å²) in [5.74, 6) is 0. The number of hydrogen-bond donors (Lipinski definition) is 1. The maximum absolute atomic E-state index is 9.27. The van der Waals surface area contributed by atoms with Crippen molar-refractivity contribution in [2.24, 2.45) is 0 Å². The standard InChI is InChI=1S/C12H22N2OS/c1-5-7-14(9(3)4)12-13-10(6-2)11(8-15)16-12/h9,15H,5-8H2,1-4H3. The first-order valence-electron chi connectivity index (χ1n) is 6.00. The Hall–Kier alpha value is -0.610. The van der Waals surface area contributed by atoms with Gasteiger partial charge in [-0.1, -0.05) is 25.2 Å². The van der Waals surface area contributed by atoms with Crippen LogP contribution in [-0.2, 0) is 13.0 Å². The van der Waals surface area contributed by atoms with Crippen molar-refractivity contribution in [2.75, 3.05) is 11.4 Å². The minimum absolute atomic E-state index is 0.110. The van der Waals surface area contributed by atoms with E-state index in [1.165, 1.54) is 0 Å². The van der Waals surface area contributed by atoms with Gasteiger partial charge in [-0.05, 0) is 26.7 Å². The number of nitrogens with zero attached hydrogens (tertiary/aromatic N) is 2. The van der Waals surface area contributed by atoms with Gasteiger partial charge in [0.1, 0.15) is 0 Å². The molecule has 1 heterocycles. The number of rotatable bonds is 6. The lowest BCUT2D eigenvalue weighted by Crippen LogP contribution is -2.31. The Balaban J connectivity index is 2.95. The Kier molecular flexibility index (Phi) is 5.22. The topological polar surface area (TPSA) is 36.4 Å². The van der Waals surface area contributed by atoms with Gasteiger partial charge in [0.15, 0.2) is 5.13 Å². The summed E-state index contributed by atoms with van der Waals surface area (Å²) in [4.78, 5) is 7.95. The van der Waals surface area contributed by atoms with Crippen molar-refractivity contribution in [1.82, 2.24) is 4.98 Å². The molecule has 0 spiro atoms. The van der Waals surface area contributed by atoms with Crippen molar-refractivity contribution in [2.45, 2.75) is 53.2 Å². The fourth-order valence-corrected chi connectivity index (χ4v) is 2.88. The number of aliphatic hydroxyl groups excluding tert-OH is 1. The number of hydrogen-bond acceptors (Lipinski definition) is 4. The highest BCUT2D eigenvalue weighted by molar-refractivity contribution is 7.15. The predicted molar refractivity (Wildman–Crippen MR) is 70.2 cm³/mol. The van der Waals surface area contributed by atoms with E-state index in [0.29, 0.717) is 6.04 Å². The van der Waals surface area contributed by atoms with Crippen LogP contribution in [0.1, 0.15) is 44.7 Å². The third-order valence-electron chi connectivity index (χ3n) is 2.58. The molecule has 1 rings (SSSR count). The Morgan fingerprint density at radius 3 is 2.44 bits per heavy atom. The molecule has 0 radical (unpaired) electrons. The van der Waals surface area contributed by atoms with Crippen LogP contribution in [0.3, 0.4) is 0 Å². The molecule has 1 aromatic rings. The van der Waals surface area contributed by atoms with Crippen molar-refractivity contribution in [3.05, 3.63) is 10.6 Å². The molecule has 0 aliphatic rings. The summed E-state index contributed by atoms with van der Waals surface area (Å²) in [6.07, 6.45) is 2.01. The van der Waals surface area contributed by atoms with Crippen LogP contribution in [0.5, 0.6) is 0 Å². The molecule has 0 amide bonds. The van der Waals surface area contributed by atoms with Crippen molar-refractivity contribution >= 4 is 16.5 Å². The van der Waals surface area contributed by atoms with Crippen molar-refractivity contribution < 1.29 is 5.11 Å². The van der Waals surface area contributed by atoms with Crippen LogP contribution in [0.4, 0.5) is 5.13 Å². The summed E-state index contributed by atoms with van der Waals surface area (Å²) in [5, 5.41) is 10.3. The second-order valence-corrected chi connectivity index (χ2v) is 5.23. The summed E-state index contributed by atoms with van der Waals surface area (Å²) in [6.45, 7) is 9.76. The molecule has 0 fully saturated rings. The number of aryl methyl sites for hydroxylation is 1. The molecule has 0 atom stereocenters. The lowest BCUT2D eigenvalue weighted by Gasteiger charge is -2.25. The zero-order valence-corrected chi connectivity index (χ0v) is 11.5. The average molecular weight is 242 g/mol. The molecule has 0 saturated carbocycles. The maximum Gasteiger partial charge on any atom is 0.186 e. The Morgan fingerprint density at radius 1 is 1.38 bits per heavy atom. The average Bonchev–Trinajstić information content (AvgIpc) is 2.68. The highest BCUT2D eigenvalue weighted by atomic mass is 32.1. The van der Waals surface area contributed by atoms with E-state index in [4.69, 9.17) is 0 Å². The number of aliphatic hydroxyl groups is 1. The van der Waals surface area contributed by atoms with Gasteiger partial charge < -0.3 is 10.0 Å². The molecule has 0 saturated heterocycles. The highest BCUT2D eigenvalue weighted by Crippen LogP contribution is 2.28. The van der Waals surface area contributed by atoms with Crippen LogP contribution in [0, 0.1) is 0 Å². The molecule has 0 aliphatic heterocycles. The van der Waals surface area contributed by atoms with Crippen LogP contribution in [-0.4, -0.2) is 22.7 Å². The van der Waals surface area contributed by atoms with Gasteiger partial charge in [0.2, 0.25) is 0 Å². The van der Waals surface area contributed by atoms with E-state index in [2.05, 4.69) is 37.6 Å². The minimum Gasteiger partial charge on any atom is -0.391 e. The smallest absolute Gasteiger partial charge is 0.186 e. The van der Waals surface area contributed by atoms with E-state index >= 15 is 0 Å². The summed E-state index contributed by atoms with van der Waals surface area (Å²) in [5.41, 5.74) is 1.05. The summed E-state index contributed by atoms with van der Waals surface area (Å²) < 4.78 is 0. The summed E-state index contributed by atoms with van der Waals surface area (Å²) >= 11 is 1.63. The number of thiazole rings is 1. The van der Waals surface area contributed by atoms with Gasteiger partial charge in [-0.25, -0.2) is 4.98 Å². The van der Waals surface area contributed by atoms with E-state index in [9.17, 15) is 5.11 Å². The molecule has 92 valence electrons. The number of anilines is 1. The van der Waals surface area contributed by atoms with Crippen LogP contribution in [0.25, 0.3) is 0 Å². The number of aromatic nitrogens is 1. The molecule has 3 nitrogen and oxygen atoms in total. The van der Waals surface area contributed by atoms with E-state index in [-0.39, 0.29) is 6.61 Å². The zero-order valence-electron chi connectivity index (χ0n) is 10.7. The minimum atomic E-state index is 0.110. The van der Waals surface area contributed by atoms with Gasteiger partial charge >= 0.3 is 0 Å². The van der Waals surface area contributed by atoms with E-state index < -0.39 is 0 Å². The SMILES string of the molecule is CCCN(c1nc(CC)c(CO)s1)C(C)C. The first-order valence-corrected chi connectivity index (χ1v) is 6.81. The van der Waals surface area contributed by atoms with Gasteiger partial charge in [-0.15, -0.1) is 0 Å². The van der Waals surface area contributed by atoms with E-state index in [1.54, 1.807) is 11.3 Å².